The number of anilines is 1. The van der Waals surface area contributed by atoms with Gasteiger partial charge < -0.3 is 15.5 Å². The van der Waals surface area contributed by atoms with Crippen LogP contribution in [-0.2, 0) is 6.18 Å². The molecule has 33 heavy (non-hydrogen) atoms. The van der Waals surface area contributed by atoms with E-state index < -0.39 is 11.9 Å². The molecule has 0 aromatic carbocycles. The van der Waals surface area contributed by atoms with Gasteiger partial charge in [-0.2, -0.15) is 24.5 Å². The number of pyridine rings is 2. The molecule has 0 bridgehead atoms. The van der Waals surface area contributed by atoms with Crippen LogP contribution in [0.4, 0.5) is 23.8 Å². The van der Waals surface area contributed by atoms with Crippen molar-refractivity contribution in [1.29, 1.82) is 0 Å². The van der Waals surface area contributed by atoms with Gasteiger partial charge in [0.1, 0.15) is 11.5 Å². The maximum Gasteiger partial charge on any atom is 0.433 e. The normalized spacial score (nSPS) is 15.1. The Morgan fingerprint density at radius 1 is 1.15 bits per heavy atom. The molecule has 0 atom stereocenters. The van der Waals surface area contributed by atoms with Gasteiger partial charge in [0.05, 0.1) is 5.52 Å². The molecule has 3 aromatic heterocycles. The van der Waals surface area contributed by atoms with Crippen molar-refractivity contribution in [2.24, 2.45) is 0 Å². The highest BCUT2D eigenvalue weighted by atomic mass is 32.1. The van der Waals surface area contributed by atoms with Crippen molar-refractivity contribution >= 4 is 34.1 Å². The lowest BCUT2D eigenvalue weighted by Gasteiger charge is -2.36. The van der Waals surface area contributed by atoms with Gasteiger partial charge in [-0.3, -0.25) is 4.90 Å². The van der Waals surface area contributed by atoms with Crippen LogP contribution in [0.25, 0.3) is 22.0 Å². The van der Waals surface area contributed by atoms with E-state index in [1.807, 2.05) is 23.8 Å². The van der Waals surface area contributed by atoms with Crippen molar-refractivity contribution in [3.8, 4) is 11.1 Å². The van der Waals surface area contributed by atoms with Crippen LogP contribution in [0, 0.1) is 0 Å². The van der Waals surface area contributed by atoms with E-state index in [0.717, 1.165) is 31.3 Å². The molecule has 1 aliphatic heterocycles. The third-order valence-corrected chi connectivity index (χ3v) is 6.24. The standard InChI is InChI=1S/C22H25F3N6OS/c1-2-26-21(32)27-6-7-30-8-10-31(11-9-30)20-16-3-4-18(22(23,24)25)29-19(16)17(13-28-20)15-5-12-33-14-15/h3-5,12-14H,2,6-11H2,1H3,(H2,26,27,32). The Kier molecular flexibility index (Phi) is 6.99. The zero-order valence-electron chi connectivity index (χ0n) is 18.2. The van der Waals surface area contributed by atoms with Gasteiger partial charge in [0.2, 0.25) is 0 Å². The molecule has 0 aliphatic carbocycles. The lowest BCUT2D eigenvalue weighted by atomic mass is 10.1. The summed E-state index contributed by atoms with van der Waals surface area (Å²) in [5, 5.41) is 9.88. The summed E-state index contributed by atoms with van der Waals surface area (Å²) in [6.45, 7) is 6.61. The van der Waals surface area contributed by atoms with Gasteiger partial charge >= 0.3 is 12.2 Å². The summed E-state index contributed by atoms with van der Waals surface area (Å²) in [5.41, 5.74) is 0.798. The van der Waals surface area contributed by atoms with E-state index in [1.54, 1.807) is 6.20 Å². The third kappa shape index (κ3) is 5.36. The monoisotopic (exact) mass is 478 g/mol. The van der Waals surface area contributed by atoms with Crippen molar-refractivity contribution < 1.29 is 18.0 Å². The molecule has 11 heteroatoms. The zero-order valence-corrected chi connectivity index (χ0v) is 19.0. The first-order valence-corrected chi connectivity index (χ1v) is 11.7. The number of urea groups is 1. The number of rotatable bonds is 6. The van der Waals surface area contributed by atoms with Crippen molar-refractivity contribution in [3.63, 3.8) is 0 Å². The molecule has 2 amide bonds. The molecule has 0 radical (unpaired) electrons. The average Bonchev–Trinajstić information content (AvgIpc) is 3.33. The maximum atomic E-state index is 13.4. The topological polar surface area (TPSA) is 73.4 Å². The van der Waals surface area contributed by atoms with Crippen LogP contribution < -0.4 is 15.5 Å². The number of aromatic nitrogens is 2. The summed E-state index contributed by atoms with van der Waals surface area (Å²) in [6, 6.07) is 4.18. The number of nitrogens with zero attached hydrogens (tertiary/aromatic N) is 4. The van der Waals surface area contributed by atoms with Gasteiger partial charge in [-0.05, 0) is 41.4 Å². The Bertz CT molecular complexity index is 1100. The molecule has 2 N–H and O–H groups in total. The number of alkyl halides is 3. The predicted octanol–water partition coefficient (Wildman–Crippen LogP) is 3.82. The second-order valence-corrected chi connectivity index (χ2v) is 8.49. The first kappa shape index (κ1) is 23.2. The number of carbonyl (C=O) groups is 1. The third-order valence-electron chi connectivity index (χ3n) is 5.55. The number of amides is 2. The molecular weight excluding hydrogens is 453 g/mol. The van der Waals surface area contributed by atoms with Crippen LogP contribution in [-0.4, -0.2) is 66.7 Å². The van der Waals surface area contributed by atoms with Crippen molar-refractivity contribution in [1.82, 2.24) is 25.5 Å². The molecule has 1 saturated heterocycles. The molecule has 4 rings (SSSR count). The molecular formula is C22H25F3N6OS. The summed E-state index contributed by atoms with van der Waals surface area (Å²) in [7, 11) is 0. The minimum Gasteiger partial charge on any atom is -0.353 e. The quantitative estimate of drug-likeness (QED) is 0.564. The number of hydrogen-bond acceptors (Lipinski definition) is 6. The van der Waals surface area contributed by atoms with Crippen LogP contribution >= 0.6 is 11.3 Å². The van der Waals surface area contributed by atoms with E-state index in [9.17, 15) is 18.0 Å². The minimum absolute atomic E-state index is 0.178. The van der Waals surface area contributed by atoms with Gasteiger partial charge in [0.25, 0.3) is 0 Å². The Morgan fingerprint density at radius 3 is 2.61 bits per heavy atom. The first-order valence-electron chi connectivity index (χ1n) is 10.8. The van der Waals surface area contributed by atoms with Crippen LogP contribution in [0.15, 0.2) is 35.2 Å². The largest absolute Gasteiger partial charge is 0.433 e. The van der Waals surface area contributed by atoms with E-state index in [2.05, 4.69) is 30.4 Å². The highest BCUT2D eigenvalue weighted by Gasteiger charge is 2.33. The van der Waals surface area contributed by atoms with Crippen LogP contribution in [0.3, 0.4) is 0 Å². The fourth-order valence-electron chi connectivity index (χ4n) is 3.87. The average molecular weight is 479 g/mol. The smallest absolute Gasteiger partial charge is 0.353 e. The fraction of sp³-hybridized carbons (Fsp3) is 0.409. The van der Waals surface area contributed by atoms with Gasteiger partial charge in [-0.1, -0.05) is 0 Å². The second-order valence-electron chi connectivity index (χ2n) is 7.71. The molecule has 3 aromatic rings. The molecule has 1 aliphatic rings. The molecule has 176 valence electrons. The highest BCUT2D eigenvalue weighted by molar-refractivity contribution is 7.08. The Balaban J connectivity index is 1.53. The van der Waals surface area contributed by atoms with Gasteiger partial charge in [0.15, 0.2) is 0 Å². The predicted molar refractivity (Wildman–Crippen MR) is 124 cm³/mol. The lowest BCUT2D eigenvalue weighted by molar-refractivity contribution is -0.140. The van der Waals surface area contributed by atoms with E-state index >= 15 is 0 Å². The van der Waals surface area contributed by atoms with Crippen LogP contribution in [0.5, 0.6) is 0 Å². The molecule has 4 heterocycles. The van der Waals surface area contributed by atoms with Crippen molar-refractivity contribution in [2.75, 3.05) is 50.7 Å². The summed E-state index contributed by atoms with van der Waals surface area (Å²) in [4.78, 5) is 24.5. The Labute approximate surface area is 193 Å². The number of nitrogens with one attached hydrogen (secondary N) is 2. The Hall–Kier alpha value is -2.92. The maximum absolute atomic E-state index is 13.4. The number of halogens is 3. The van der Waals surface area contributed by atoms with E-state index in [0.29, 0.717) is 48.5 Å². The van der Waals surface area contributed by atoms with E-state index in [1.165, 1.54) is 17.4 Å². The lowest BCUT2D eigenvalue weighted by Crippen LogP contribution is -2.49. The fourth-order valence-corrected chi connectivity index (χ4v) is 4.53. The molecule has 1 fully saturated rings. The first-order chi connectivity index (χ1) is 15.9. The SMILES string of the molecule is CCNC(=O)NCCN1CCN(c2ncc(-c3ccsc3)c3nc(C(F)(F)F)ccc23)CC1. The number of fused-ring (bicyclic) bond motifs is 1. The second kappa shape index (κ2) is 9.92. The summed E-state index contributed by atoms with van der Waals surface area (Å²) in [5.74, 6) is 0.644. The molecule has 0 saturated carbocycles. The van der Waals surface area contributed by atoms with Gasteiger partial charge in [-0.15, -0.1) is 0 Å². The number of piperazine rings is 1. The summed E-state index contributed by atoms with van der Waals surface area (Å²) < 4.78 is 40.1. The summed E-state index contributed by atoms with van der Waals surface area (Å²) >= 11 is 1.47. The summed E-state index contributed by atoms with van der Waals surface area (Å²) in [6.07, 6.45) is -2.90. The highest BCUT2D eigenvalue weighted by Crippen LogP contribution is 2.36. The number of hydrogen-bond donors (Lipinski definition) is 2. The zero-order chi connectivity index (χ0) is 23.4. The number of thiophene rings is 1. The van der Waals surface area contributed by atoms with Gasteiger partial charge in [-0.25, -0.2) is 14.8 Å². The van der Waals surface area contributed by atoms with Gasteiger partial charge in [0, 0.05) is 63.0 Å². The number of carbonyl (C=O) groups excluding carboxylic acids is 1. The van der Waals surface area contributed by atoms with E-state index in [4.69, 9.17) is 0 Å². The minimum atomic E-state index is -4.52. The van der Waals surface area contributed by atoms with Crippen molar-refractivity contribution in [3.05, 3.63) is 40.8 Å². The van der Waals surface area contributed by atoms with Crippen LogP contribution in [0.2, 0.25) is 0 Å². The van der Waals surface area contributed by atoms with Crippen molar-refractivity contribution in [2.45, 2.75) is 13.1 Å². The molecule has 7 nitrogen and oxygen atoms in total. The molecule has 0 unspecified atom stereocenters. The molecule has 0 spiro atoms. The van der Waals surface area contributed by atoms with E-state index in [-0.39, 0.29) is 6.03 Å². The Morgan fingerprint density at radius 2 is 1.94 bits per heavy atom. The van der Waals surface area contributed by atoms with Crippen LogP contribution in [0.1, 0.15) is 12.6 Å².